The van der Waals surface area contributed by atoms with Crippen LogP contribution in [-0.2, 0) is 27.2 Å². The predicted molar refractivity (Wildman–Crippen MR) is 196 cm³/mol. The third-order valence-electron chi connectivity index (χ3n) is 9.57. The van der Waals surface area contributed by atoms with Gasteiger partial charge in [-0.2, -0.15) is 13.2 Å². The maximum absolute atomic E-state index is 13.7. The van der Waals surface area contributed by atoms with Gasteiger partial charge in [0.1, 0.15) is 11.6 Å². The van der Waals surface area contributed by atoms with Crippen molar-refractivity contribution in [2.75, 3.05) is 0 Å². The SMILES string of the molecule is FC(F)(F)c1ccc2[n-]c3c(-c4nc5c(-c6[c-]c7c(cc6)c6ccccc6n7-c6ccccn6)cccc5n4-c4ccccc4)cccc3c2c1.[Pt+2]. The van der Waals surface area contributed by atoms with Crippen LogP contribution in [-0.4, -0.2) is 19.1 Å². The molecular formula is C43H24F3N5Pt. The van der Waals surface area contributed by atoms with Crippen LogP contribution in [0.4, 0.5) is 13.2 Å². The molecule has 0 bridgehead atoms. The zero-order valence-electron chi connectivity index (χ0n) is 27.0. The van der Waals surface area contributed by atoms with Crippen molar-refractivity contribution in [1.29, 1.82) is 0 Å². The van der Waals surface area contributed by atoms with E-state index in [0.717, 1.165) is 67.1 Å². The van der Waals surface area contributed by atoms with E-state index in [-0.39, 0.29) is 21.1 Å². The summed E-state index contributed by atoms with van der Waals surface area (Å²) in [7, 11) is 0. The Morgan fingerprint density at radius 3 is 2.19 bits per heavy atom. The quantitative estimate of drug-likeness (QED) is 0.166. The van der Waals surface area contributed by atoms with Crippen LogP contribution in [0.3, 0.4) is 0 Å². The first-order valence-corrected chi connectivity index (χ1v) is 16.4. The second-order valence-electron chi connectivity index (χ2n) is 12.5. The molecule has 0 unspecified atom stereocenters. The summed E-state index contributed by atoms with van der Waals surface area (Å²) in [5, 5.41) is 3.27. The standard InChI is InChI=1S/C43H24F3N5.Pt/c44-43(45,46)27-20-22-35-34(25-27)32-14-8-15-33(40(32)48-35)42-49-41-29(13-9-17-37(41)50(42)28-10-2-1-3-11-28)26-19-21-31-30-12-4-5-16-36(30)51(38(31)24-26)39-18-6-7-23-47-39;/h1-23,25H;/q-2;+2. The van der Waals surface area contributed by atoms with Gasteiger partial charge in [0.15, 0.2) is 0 Å². The van der Waals surface area contributed by atoms with Gasteiger partial charge < -0.3 is 9.55 Å². The van der Waals surface area contributed by atoms with E-state index < -0.39 is 11.7 Å². The van der Waals surface area contributed by atoms with E-state index in [4.69, 9.17) is 9.97 Å². The van der Waals surface area contributed by atoms with Crippen LogP contribution in [0.5, 0.6) is 0 Å². The van der Waals surface area contributed by atoms with Gasteiger partial charge in [-0.15, -0.1) is 34.8 Å². The fraction of sp³-hybridized carbons (Fsp3) is 0.0233. The first kappa shape index (κ1) is 32.0. The second kappa shape index (κ2) is 12.1. The summed E-state index contributed by atoms with van der Waals surface area (Å²) in [4.78, 5) is 14.9. The molecule has 0 fully saturated rings. The second-order valence-corrected chi connectivity index (χ2v) is 12.5. The van der Waals surface area contributed by atoms with Gasteiger partial charge in [-0.3, -0.25) is 4.57 Å². The average molecular weight is 863 g/mol. The minimum atomic E-state index is -4.46. The van der Waals surface area contributed by atoms with E-state index in [1.54, 1.807) is 6.20 Å². The molecule has 9 heteroatoms. The molecule has 252 valence electrons. The Hall–Kier alpha value is -5.98. The fourth-order valence-electron chi connectivity index (χ4n) is 7.32. The van der Waals surface area contributed by atoms with Gasteiger partial charge in [-0.05, 0) is 64.1 Å². The summed E-state index contributed by atoms with van der Waals surface area (Å²) in [6, 6.07) is 47.5. The van der Waals surface area contributed by atoms with E-state index in [1.807, 2.05) is 97.1 Å². The zero-order chi connectivity index (χ0) is 34.3. The summed E-state index contributed by atoms with van der Waals surface area (Å²) in [5.74, 6) is 1.44. The van der Waals surface area contributed by atoms with E-state index in [2.05, 4.69) is 44.5 Å². The number of para-hydroxylation sites is 4. The molecule has 10 rings (SSSR count). The third-order valence-corrected chi connectivity index (χ3v) is 9.57. The number of fused-ring (bicyclic) bond motifs is 7. The van der Waals surface area contributed by atoms with Crippen LogP contribution < -0.4 is 4.98 Å². The van der Waals surface area contributed by atoms with Gasteiger partial charge in [-0.1, -0.05) is 95.9 Å². The summed E-state index contributed by atoms with van der Waals surface area (Å²) < 4.78 is 45.4. The van der Waals surface area contributed by atoms with Crippen LogP contribution in [0.2, 0.25) is 0 Å². The van der Waals surface area contributed by atoms with Crippen molar-refractivity contribution in [3.05, 3.63) is 157 Å². The number of aromatic nitrogens is 5. The number of alkyl halides is 3. The normalized spacial score (nSPS) is 12.0. The third kappa shape index (κ3) is 4.89. The molecule has 0 aliphatic heterocycles. The fourth-order valence-corrected chi connectivity index (χ4v) is 7.32. The molecule has 52 heavy (non-hydrogen) atoms. The largest absolute Gasteiger partial charge is 2.00 e. The Labute approximate surface area is 309 Å². The molecule has 0 N–H and O–H groups in total. The van der Waals surface area contributed by atoms with Crippen LogP contribution in [0, 0.1) is 6.07 Å². The van der Waals surface area contributed by atoms with E-state index >= 15 is 0 Å². The van der Waals surface area contributed by atoms with Gasteiger partial charge in [-0.25, -0.2) is 9.97 Å². The summed E-state index contributed by atoms with van der Waals surface area (Å²) in [6.45, 7) is 0. The van der Waals surface area contributed by atoms with Crippen molar-refractivity contribution in [2.45, 2.75) is 6.18 Å². The average Bonchev–Trinajstić information content (AvgIpc) is 3.84. The summed E-state index contributed by atoms with van der Waals surface area (Å²) >= 11 is 0. The maximum Gasteiger partial charge on any atom is 2.00 e. The molecule has 4 heterocycles. The van der Waals surface area contributed by atoms with Crippen LogP contribution in [0.25, 0.3) is 88.7 Å². The number of hydrogen-bond acceptors (Lipinski definition) is 2. The van der Waals surface area contributed by atoms with Crippen molar-refractivity contribution in [3.63, 3.8) is 0 Å². The smallest absolute Gasteiger partial charge is 0.656 e. The van der Waals surface area contributed by atoms with Gasteiger partial charge in [0, 0.05) is 23.0 Å². The molecule has 0 saturated heterocycles. The molecule has 0 spiro atoms. The Morgan fingerprint density at radius 2 is 1.37 bits per heavy atom. The van der Waals surface area contributed by atoms with Crippen molar-refractivity contribution >= 4 is 54.6 Å². The molecule has 6 aromatic carbocycles. The molecule has 0 radical (unpaired) electrons. The van der Waals surface area contributed by atoms with Gasteiger partial charge >= 0.3 is 27.2 Å². The molecule has 0 saturated carbocycles. The minimum absolute atomic E-state index is 0. The summed E-state index contributed by atoms with van der Waals surface area (Å²) in [5.41, 5.74) is 7.35. The van der Waals surface area contributed by atoms with Gasteiger partial charge in [0.05, 0.1) is 16.6 Å². The summed E-state index contributed by atoms with van der Waals surface area (Å²) in [6.07, 6.45) is -2.67. The number of pyridine rings is 1. The first-order valence-electron chi connectivity index (χ1n) is 16.4. The Morgan fingerprint density at radius 1 is 0.615 bits per heavy atom. The topological polar surface area (TPSA) is 49.7 Å². The van der Waals surface area contributed by atoms with Gasteiger partial charge in [0.2, 0.25) is 0 Å². The molecule has 0 aliphatic rings. The van der Waals surface area contributed by atoms with E-state index in [0.29, 0.717) is 27.6 Å². The number of halogens is 3. The van der Waals surface area contributed by atoms with Crippen LogP contribution in [0.1, 0.15) is 5.56 Å². The molecule has 0 atom stereocenters. The monoisotopic (exact) mass is 862 g/mol. The number of imidazole rings is 1. The number of hydrogen-bond donors (Lipinski definition) is 0. The number of rotatable bonds is 4. The van der Waals surface area contributed by atoms with Crippen molar-refractivity contribution < 1.29 is 34.2 Å². The molecular weight excluding hydrogens is 839 g/mol. The van der Waals surface area contributed by atoms with Crippen molar-refractivity contribution in [1.82, 2.24) is 24.1 Å². The van der Waals surface area contributed by atoms with E-state index in [1.165, 1.54) is 12.1 Å². The van der Waals surface area contributed by atoms with Gasteiger partial charge in [0.25, 0.3) is 0 Å². The molecule has 0 aliphatic carbocycles. The Kier molecular flexibility index (Phi) is 7.42. The van der Waals surface area contributed by atoms with Crippen LogP contribution >= 0.6 is 0 Å². The Bertz CT molecular complexity index is 2960. The predicted octanol–water partition coefficient (Wildman–Crippen LogP) is 10.9. The molecule has 4 aromatic heterocycles. The Balaban J connectivity index is 0.00000360. The zero-order valence-corrected chi connectivity index (χ0v) is 29.3. The van der Waals surface area contributed by atoms with Crippen LogP contribution in [0.15, 0.2) is 146 Å². The molecule has 0 amide bonds. The van der Waals surface area contributed by atoms with E-state index in [9.17, 15) is 13.2 Å². The minimum Gasteiger partial charge on any atom is -0.656 e. The first-order chi connectivity index (χ1) is 24.9. The maximum atomic E-state index is 13.7. The number of nitrogens with zero attached hydrogens (tertiary/aromatic N) is 5. The molecule has 10 aromatic rings. The molecule has 5 nitrogen and oxygen atoms in total. The van der Waals surface area contributed by atoms with Crippen molar-refractivity contribution in [2.24, 2.45) is 0 Å². The van der Waals surface area contributed by atoms with Crippen molar-refractivity contribution in [3.8, 4) is 34.0 Å². The number of benzene rings is 6.